The van der Waals surface area contributed by atoms with Crippen molar-refractivity contribution >= 4 is 33.4 Å². The molecule has 1 aromatic rings. The minimum atomic E-state index is -0.0658. The lowest BCUT2D eigenvalue weighted by Crippen LogP contribution is -2.28. The molecule has 4 nitrogen and oxygen atoms in total. The predicted octanol–water partition coefficient (Wildman–Crippen LogP) is 2.00. The summed E-state index contributed by atoms with van der Waals surface area (Å²) in [6.45, 7) is 4.60. The molecule has 84 valence electrons. The Hall–Kier alpha value is -0.490. The Morgan fingerprint density at radius 2 is 2.40 bits per heavy atom. The van der Waals surface area contributed by atoms with Gasteiger partial charge in [0, 0.05) is 11.9 Å². The number of carbonyl (C=O) groups excluding carboxylic acids is 1. The van der Waals surface area contributed by atoms with Gasteiger partial charge in [-0.2, -0.15) is 0 Å². The van der Waals surface area contributed by atoms with E-state index in [0.717, 1.165) is 23.3 Å². The molecule has 1 heterocycles. The Balaban J connectivity index is 2.40. The SMILES string of the molecule is Cc1nnsc1C(=O)NCC(C)CCBr. The third-order valence-corrected chi connectivity index (χ3v) is 3.36. The summed E-state index contributed by atoms with van der Waals surface area (Å²) in [7, 11) is 0. The van der Waals surface area contributed by atoms with Gasteiger partial charge in [0.25, 0.3) is 5.91 Å². The van der Waals surface area contributed by atoms with Crippen molar-refractivity contribution in [1.29, 1.82) is 0 Å². The molecule has 0 saturated heterocycles. The number of amides is 1. The molecule has 0 radical (unpaired) electrons. The summed E-state index contributed by atoms with van der Waals surface area (Å²) in [6, 6.07) is 0. The van der Waals surface area contributed by atoms with E-state index in [9.17, 15) is 4.79 Å². The molecule has 1 unspecified atom stereocenters. The number of hydrogen-bond acceptors (Lipinski definition) is 4. The summed E-state index contributed by atoms with van der Waals surface area (Å²) in [5, 5.41) is 7.65. The standard InChI is InChI=1S/C9H14BrN3OS/c1-6(3-4-10)5-11-9(14)8-7(2)12-13-15-8/h6H,3-5H2,1-2H3,(H,11,14). The number of nitrogens with zero attached hydrogens (tertiary/aromatic N) is 2. The maximum Gasteiger partial charge on any atom is 0.264 e. The zero-order chi connectivity index (χ0) is 11.3. The first-order valence-electron chi connectivity index (χ1n) is 4.78. The Labute approximate surface area is 102 Å². The molecular weight excluding hydrogens is 278 g/mol. The van der Waals surface area contributed by atoms with E-state index in [0.29, 0.717) is 23.0 Å². The van der Waals surface area contributed by atoms with E-state index in [1.54, 1.807) is 6.92 Å². The minimum Gasteiger partial charge on any atom is -0.351 e. The first-order valence-corrected chi connectivity index (χ1v) is 6.67. The number of alkyl halides is 1. The average molecular weight is 292 g/mol. The third-order valence-electron chi connectivity index (χ3n) is 2.07. The number of aromatic nitrogens is 2. The summed E-state index contributed by atoms with van der Waals surface area (Å²) >= 11 is 4.52. The molecule has 1 aromatic heterocycles. The normalized spacial score (nSPS) is 12.5. The lowest BCUT2D eigenvalue weighted by Gasteiger charge is -2.09. The molecule has 1 N–H and O–H groups in total. The van der Waals surface area contributed by atoms with E-state index < -0.39 is 0 Å². The number of aryl methyl sites for hydroxylation is 1. The second kappa shape index (κ2) is 6.17. The van der Waals surface area contributed by atoms with Crippen molar-refractivity contribution in [3.63, 3.8) is 0 Å². The van der Waals surface area contributed by atoms with Gasteiger partial charge in [0.1, 0.15) is 4.88 Å². The minimum absolute atomic E-state index is 0.0658. The van der Waals surface area contributed by atoms with E-state index in [2.05, 4.69) is 37.8 Å². The van der Waals surface area contributed by atoms with Crippen LogP contribution in [0.15, 0.2) is 0 Å². The molecule has 0 aliphatic heterocycles. The first-order chi connectivity index (χ1) is 7.15. The second-order valence-corrected chi connectivity index (χ2v) is 5.03. The van der Waals surface area contributed by atoms with Gasteiger partial charge in [-0.15, -0.1) is 5.10 Å². The summed E-state index contributed by atoms with van der Waals surface area (Å²) in [5.74, 6) is 0.415. The lowest BCUT2D eigenvalue weighted by atomic mass is 10.1. The lowest BCUT2D eigenvalue weighted by molar-refractivity contribution is 0.0951. The van der Waals surface area contributed by atoms with Gasteiger partial charge < -0.3 is 5.32 Å². The van der Waals surface area contributed by atoms with Crippen molar-refractivity contribution < 1.29 is 4.79 Å². The highest BCUT2D eigenvalue weighted by Gasteiger charge is 2.13. The van der Waals surface area contributed by atoms with E-state index in [-0.39, 0.29) is 5.91 Å². The van der Waals surface area contributed by atoms with E-state index >= 15 is 0 Å². The number of hydrogen-bond donors (Lipinski definition) is 1. The fraction of sp³-hybridized carbons (Fsp3) is 0.667. The quantitative estimate of drug-likeness (QED) is 0.844. The Bertz CT molecular complexity index is 329. The maximum atomic E-state index is 11.6. The molecule has 15 heavy (non-hydrogen) atoms. The molecule has 0 aliphatic rings. The molecule has 1 amide bonds. The number of nitrogens with one attached hydrogen (secondary N) is 1. The Morgan fingerprint density at radius 1 is 1.67 bits per heavy atom. The monoisotopic (exact) mass is 291 g/mol. The largest absolute Gasteiger partial charge is 0.351 e. The van der Waals surface area contributed by atoms with Crippen LogP contribution in [0.4, 0.5) is 0 Å². The second-order valence-electron chi connectivity index (χ2n) is 3.48. The molecule has 1 atom stereocenters. The van der Waals surface area contributed by atoms with Crippen LogP contribution in [-0.4, -0.2) is 27.4 Å². The highest BCUT2D eigenvalue weighted by Crippen LogP contribution is 2.09. The molecule has 0 saturated carbocycles. The van der Waals surface area contributed by atoms with Crippen LogP contribution in [0.2, 0.25) is 0 Å². The molecule has 6 heteroatoms. The van der Waals surface area contributed by atoms with Crippen molar-refractivity contribution in [3.8, 4) is 0 Å². The molecule has 0 fully saturated rings. The Kier molecular flexibility index (Phi) is 5.17. The van der Waals surface area contributed by atoms with Crippen molar-refractivity contribution in [1.82, 2.24) is 14.9 Å². The highest BCUT2D eigenvalue weighted by atomic mass is 79.9. The Morgan fingerprint density at radius 3 is 2.93 bits per heavy atom. The van der Waals surface area contributed by atoms with Gasteiger partial charge in [-0.25, -0.2) is 0 Å². The van der Waals surface area contributed by atoms with Gasteiger partial charge in [-0.05, 0) is 30.8 Å². The fourth-order valence-corrected chi connectivity index (χ4v) is 2.43. The summed E-state index contributed by atoms with van der Waals surface area (Å²) in [6.07, 6.45) is 1.06. The predicted molar refractivity (Wildman–Crippen MR) is 64.6 cm³/mol. The van der Waals surface area contributed by atoms with Crippen LogP contribution in [0, 0.1) is 12.8 Å². The van der Waals surface area contributed by atoms with E-state index in [1.165, 1.54) is 0 Å². The van der Waals surface area contributed by atoms with Crippen LogP contribution in [0.3, 0.4) is 0 Å². The highest BCUT2D eigenvalue weighted by molar-refractivity contribution is 9.09. The number of rotatable bonds is 5. The van der Waals surface area contributed by atoms with Crippen LogP contribution in [0.1, 0.15) is 28.7 Å². The van der Waals surface area contributed by atoms with E-state index in [4.69, 9.17) is 0 Å². The van der Waals surface area contributed by atoms with E-state index in [1.807, 2.05) is 0 Å². The molecule has 0 aromatic carbocycles. The average Bonchev–Trinajstić information content (AvgIpc) is 2.61. The van der Waals surface area contributed by atoms with Crippen LogP contribution in [0.5, 0.6) is 0 Å². The fourth-order valence-electron chi connectivity index (χ4n) is 1.08. The van der Waals surface area contributed by atoms with Crippen LogP contribution in [-0.2, 0) is 0 Å². The number of halogens is 1. The van der Waals surface area contributed by atoms with Crippen LogP contribution < -0.4 is 5.32 Å². The smallest absolute Gasteiger partial charge is 0.264 e. The van der Waals surface area contributed by atoms with Gasteiger partial charge in [-0.1, -0.05) is 27.3 Å². The van der Waals surface area contributed by atoms with Crippen molar-refractivity contribution in [2.45, 2.75) is 20.3 Å². The molecule has 0 aliphatic carbocycles. The third kappa shape index (κ3) is 3.87. The molecule has 0 bridgehead atoms. The summed E-state index contributed by atoms with van der Waals surface area (Å²) in [4.78, 5) is 12.3. The van der Waals surface area contributed by atoms with Gasteiger partial charge >= 0.3 is 0 Å². The van der Waals surface area contributed by atoms with Gasteiger partial charge in [0.15, 0.2) is 0 Å². The molecule has 1 rings (SSSR count). The molecular formula is C9H14BrN3OS. The zero-order valence-electron chi connectivity index (χ0n) is 8.79. The van der Waals surface area contributed by atoms with Gasteiger partial charge in [0.05, 0.1) is 5.69 Å². The van der Waals surface area contributed by atoms with Crippen molar-refractivity contribution in [2.24, 2.45) is 5.92 Å². The van der Waals surface area contributed by atoms with Crippen molar-refractivity contribution in [3.05, 3.63) is 10.6 Å². The van der Waals surface area contributed by atoms with Crippen LogP contribution >= 0.6 is 27.5 Å². The van der Waals surface area contributed by atoms with Crippen molar-refractivity contribution in [2.75, 3.05) is 11.9 Å². The zero-order valence-corrected chi connectivity index (χ0v) is 11.2. The summed E-state index contributed by atoms with van der Waals surface area (Å²) < 4.78 is 3.73. The number of carbonyl (C=O) groups is 1. The maximum absolute atomic E-state index is 11.6. The van der Waals surface area contributed by atoms with Crippen LogP contribution in [0.25, 0.3) is 0 Å². The molecule has 0 spiro atoms. The van der Waals surface area contributed by atoms with Gasteiger partial charge in [-0.3, -0.25) is 4.79 Å². The summed E-state index contributed by atoms with van der Waals surface area (Å²) in [5.41, 5.74) is 0.700. The topological polar surface area (TPSA) is 54.9 Å². The van der Waals surface area contributed by atoms with Gasteiger partial charge in [0.2, 0.25) is 0 Å². The first kappa shape index (κ1) is 12.6.